The van der Waals surface area contributed by atoms with E-state index in [-0.39, 0.29) is 31.1 Å². The van der Waals surface area contributed by atoms with Crippen molar-refractivity contribution in [2.45, 2.75) is 137 Å². The van der Waals surface area contributed by atoms with E-state index >= 15 is 0 Å². The summed E-state index contributed by atoms with van der Waals surface area (Å²) in [5, 5.41) is 31.8. The number of hydrogen-bond donors (Lipinski definition) is 3. The number of esters is 4. The molecule has 11 nitrogen and oxygen atoms in total. The summed E-state index contributed by atoms with van der Waals surface area (Å²) in [5.74, 6) is 1.77. The SMILES string of the molecule is C#CCC(C)(C)C(=O)OCC(C)(COC(=O)C(C)(C)CC#C)C(=O)OC(C)OC(=O)CCC/C=C\C[C@@H]1[C@@H](CC[C@@H](O)CCc2ccccc2)[C@H](O)C[C@@H]1O. The van der Waals surface area contributed by atoms with Crippen molar-refractivity contribution >= 4 is 23.9 Å². The highest BCUT2D eigenvalue weighted by Crippen LogP contribution is 2.38. The third-order valence-electron chi connectivity index (χ3n) is 10.1. The minimum Gasteiger partial charge on any atom is -0.464 e. The first-order valence-electron chi connectivity index (χ1n) is 19.2. The van der Waals surface area contributed by atoms with Gasteiger partial charge in [0.15, 0.2) is 0 Å². The van der Waals surface area contributed by atoms with E-state index in [0.717, 1.165) is 6.42 Å². The number of aliphatic hydroxyl groups excluding tert-OH is 3. The van der Waals surface area contributed by atoms with Gasteiger partial charge in [-0.25, -0.2) is 0 Å². The molecule has 1 aromatic carbocycles. The van der Waals surface area contributed by atoms with Gasteiger partial charge >= 0.3 is 23.9 Å². The second kappa shape index (κ2) is 22.4. The molecule has 304 valence electrons. The predicted octanol–water partition coefficient (Wildman–Crippen LogP) is 5.86. The first kappa shape index (κ1) is 47.0. The molecule has 6 atom stereocenters. The molecule has 1 aliphatic rings. The van der Waals surface area contributed by atoms with Gasteiger partial charge in [-0.1, -0.05) is 42.5 Å². The van der Waals surface area contributed by atoms with Crippen LogP contribution < -0.4 is 0 Å². The standard InChI is InChI=1S/C44H62O11/c1-9-26-42(4,5)39(49)52-29-44(8,30-53-40(50)43(6,7)27-10-2)41(51)55-31(3)54-38(48)21-17-12-11-16-20-34-35(37(47)28-36(34)46)25-24-33(45)23-22-32-18-14-13-15-19-32/h1-2,11,13-16,18-19,31,33-37,45-47H,12,17,20-30H2,3-8H3/b16-11-/t31?,33-,34+,35+,36-,37+/m0/s1. The Bertz CT molecular complexity index is 1460. The number of aryl methyl sites for hydroxylation is 1. The molecule has 0 heterocycles. The van der Waals surface area contributed by atoms with Crippen molar-refractivity contribution in [3.8, 4) is 24.7 Å². The molecule has 2 rings (SSSR count). The van der Waals surface area contributed by atoms with Gasteiger partial charge in [0.25, 0.3) is 0 Å². The highest BCUT2D eigenvalue weighted by atomic mass is 16.7. The third-order valence-corrected chi connectivity index (χ3v) is 10.1. The van der Waals surface area contributed by atoms with Crippen molar-refractivity contribution < 1.29 is 53.4 Å². The number of benzene rings is 1. The lowest BCUT2D eigenvalue weighted by Crippen LogP contribution is -2.44. The van der Waals surface area contributed by atoms with E-state index in [2.05, 4.69) is 11.8 Å². The van der Waals surface area contributed by atoms with Crippen molar-refractivity contribution in [2.75, 3.05) is 13.2 Å². The van der Waals surface area contributed by atoms with E-state index in [4.69, 9.17) is 31.8 Å². The second-order valence-electron chi connectivity index (χ2n) is 16.3. The number of terminal acetylenes is 2. The molecule has 0 aromatic heterocycles. The highest BCUT2D eigenvalue weighted by molar-refractivity contribution is 5.81. The minimum absolute atomic E-state index is 0.0432. The van der Waals surface area contributed by atoms with Crippen molar-refractivity contribution in [2.24, 2.45) is 28.1 Å². The van der Waals surface area contributed by atoms with E-state index in [1.807, 2.05) is 42.5 Å². The fourth-order valence-corrected chi connectivity index (χ4v) is 6.36. The van der Waals surface area contributed by atoms with E-state index in [1.54, 1.807) is 27.7 Å². The second-order valence-corrected chi connectivity index (χ2v) is 16.3. The predicted molar refractivity (Wildman–Crippen MR) is 207 cm³/mol. The fraction of sp³-hybridized carbons (Fsp3) is 0.636. The molecule has 0 amide bonds. The van der Waals surface area contributed by atoms with Gasteiger partial charge in [-0.15, -0.1) is 24.7 Å². The van der Waals surface area contributed by atoms with Gasteiger partial charge in [0.2, 0.25) is 6.29 Å². The molecule has 0 saturated heterocycles. The summed E-state index contributed by atoms with van der Waals surface area (Å²) in [6.45, 7) is 8.21. The number of aliphatic hydroxyl groups is 3. The van der Waals surface area contributed by atoms with Crippen LogP contribution in [0.25, 0.3) is 0 Å². The van der Waals surface area contributed by atoms with Crippen molar-refractivity contribution in [3.05, 3.63) is 48.0 Å². The molecule has 0 spiro atoms. The van der Waals surface area contributed by atoms with Gasteiger partial charge in [0.1, 0.15) is 18.6 Å². The number of rotatable bonds is 23. The maximum Gasteiger partial charge on any atom is 0.321 e. The first-order valence-corrected chi connectivity index (χ1v) is 19.2. The quantitative estimate of drug-likeness (QED) is 0.0305. The molecule has 1 unspecified atom stereocenters. The van der Waals surface area contributed by atoms with Gasteiger partial charge in [0, 0.05) is 26.2 Å². The van der Waals surface area contributed by atoms with Crippen LogP contribution in [0.2, 0.25) is 0 Å². The Kier molecular flexibility index (Phi) is 19.1. The van der Waals surface area contributed by atoms with Gasteiger partial charge in [-0.2, -0.15) is 0 Å². The number of hydrogen-bond acceptors (Lipinski definition) is 11. The first-order chi connectivity index (χ1) is 25.8. The van der Waals surface area contributed by atoms with Crippen molar-refractivity contribution in [3.63, 3.8) is 0 Å². The van der Waals surface area contributed by atoms with Crippen LogP contribution >= 0.6 is 0 Å². The van der Waals surface area contributed by atoms with Crippen LogP contribution in [-0.2, 0) is 44.5 Å². The number of allylic oxidation sites excluding steroid dienone is 2. The van der Waals surface area contributed by atoms with Crippen LogP contribution in [0.15, 0.2) is 42.5 Å². The number of unbranched alkanes of at least 4 members (excludes halogenated alkanes) is 1. The average molecular weight is 767 g/mol. The van der Waals surface area contributed by atoms with Crippen LogP contribution in [0.3, 0.4) is 0 Å². The molecule has 3 N–H and O–H groups in total. The fourth-order valence-electron chi connectivity index (χ4n) is 6.36. The zero-order valence-electron chi connectivity index (χ0n) is 33.5. The van der Waals surface area contributed by atoms with Crippen LogP contribution in [0.4, 0.5) is 0 Å². The summed E-state index contributed by atoms with van der Waals surface area (Å²) >= 11 is 0. The number of carbonyl (C=O) groups is 4. The van der Waals surface area contributed by atoms with Crippen molar-refractivity contribution in [1.82, 2.24) is 0 Å². The Morgan fingerprint density at radius 3 is 1.96 bits per heavy atom. The molecule has 0 radical (unpaired) electrons. The van der Waals surface area contributed by atoms with E-state index in [0.29, 0.717) is 44.9 Å². The summed E-state index contributed by atoms with van der Waals surface area (Å²) in [6.07, 6.45) is 16.3. The lowest BCUT2D eigenvalue weighted by atomic mass is 9.85. The lowest BCUT2D eigenvalue weighted by Gasteiger charge is -2.30. The molecular formula is C44H62O11. The van der Waals surface area contributed by atoms with Gasteiger partial charge in [-0.05, 0) is 103 Å². The molecule has 1 aromatic rings. The van der Waals surface area contributed by atoms with Crippen LogP contribution in [0.5, 0.6) is 0 Å². The largest absolute Gasteiger partial charge is 0.464 e. The molecular weight excluding hydrogens is 704 g/mol. The highest BCUT2D eigenvalue weighted by Gasteiger charge is 2.43. The van der Waals surface area contributed by atoms with Gasteiger partial charge in [-0.3, -0.25) is 19.2 Å². The zero-order chi connectivity index (χ0) is 41.2. The summed E-state index contributed by atoms with van der Waals surface area (Å²) in [7, 11) is 0. The zero-order valence-corrected chi connectivity index (χ0v) is 33.5. The number of carbonyl (C=O) groups excluding carboxylic acids is 4. The monoisotopic (exact) mass is 766 g/mol. The maximum atomic E-state index is 13.4. The molecule has 0 aliphatic heterocycles. The minimum atomic E-state index is -1.65. The lowest BCUT2D eigenvalue weighted by molar-refractivity contribution is -0.198. The average Bonchev–Trinajstić information content (AvgIpc) is 3.39. The summed E-state index contributed by atoms with van der Waals surface area (Å²) in [6, 6.07) is 9.98. The third kappa shape index (κ3) is 15.8. The van der Waals surface area contributed by atoms with E-state index < -0.39 is 77.9 Å². The number of ether oxygens (including phenoxy) is 4. The Hall–Kier alpha value is -4.16. The molecule has 0 bridgehead atoms. The Morgan fingerprint density at radius 2 is 1.40 bits per heavy atom. The van der Waals surface area contributed by atoms with Crippen LogP contribution in [0, 0.1) is 52.8 Å². The Labute approximate surface area is 327 Å². The van der Waals surface area contributed by atoms with Crippen LogP contribution in [0.1, 0.15) is 111 Å². The van der Waals surface area contributed by atoms with E-state index in [9.17, 15) is 34.5 Å². The van der Waals surface area contributed by atoms with Crippen LogP contribution in [-0.4, -0.2) is 77.0 Å². The summed E-state index contributed by atoms with van der Waals surface area (Å²) in [5.41, 5.74) is -2.54. The molecule has 11 heteroatoms. The molecule has 1 aliphatic carbocycles. The van der Waals surface area contributed by atoms with Crippen molar-refractivity contribution in [1.29, 1.82) is 0 Å². The van der Waals surface area contributed by atoms with E-state index in [1.165, 1.54) is 19.4 Å². The normalized spacial score (nSPS) is 19.8. The smallest absolute Gasteiger partial charge is 0.321 e. The Balaban J connectivity index is 1.85. The van der Waals surface area contributed by atoms with Gasteiger partial charge in [0.05, 0.1) is 29.1 Å². The molecule has 1 fully saturated rings. The van der Waals surface area contributed by atoms with Gasteiger partial charge < -0.3 is 34.3 Å². The molecule has 55 heavy (non-hydrogen) atoms. The topological polar surface area (TPSA) is 166 Å². The molecule has 1 saturated carbocycles. The summed E-state index contributed by atoms with van der Waals surface area (Å²) in [4.78, 5) is 51.5. The maximum absolute atomic E-state index is 13.4. The Morgan fingerprint density at radius 1 is 0.836 bits per heavy atom. The summed E-state index contributed by atoms with van der Waals surface area (Å²) < 4.78 is 21.6.